The summed E-state index contributed by atoms with van der Waals surface area (Å²) < 4.78 is 5.68. The largest absolute Gasteiger partial charge is 0.487 e. The molecular weight excluding hydrogens is 220 g/mol. The quantitative estimate of drug-likeness (QED) is 0.828. The highest BCUT2D eigenvalue weighted by Gasteiger charge is 2.07. The Morgan fingerprint density at radius 3 is 2.81 bits per heavy atom. The van der Waals surface area contributed by atoms with Gasteiger partial charge in [0, 0.05) is 18.0 Å². The van der Waals surface area contributed by atoms with E-state index in [1.165, 1.54) is 0 Å². The van der Waals surface area contributed by atoms with Gasteiger partial charge in [0.2, 0.25) is 0 Å². The molecule has 1 unspecified atom stereocenters. The molecule has 0 fully saturated rings. The van der Waals surface area contributed by atoms with Crippen LogP contribution in [0.2, 0.25) is 0 Å². The molecule has 1 rings (SSSR count). The number of anilines is 1. The van der Waals surface area contributed by atoms with Crippen molar-refractivity contribution in [2.24, 2.45) is 0 Å². The van der Waals surface area contributed by atoms with E-state index in [4.69, 9.17) is 4.74 Å². The normalized spacial score (nSPS) is 12.6. The maximum Gasteiger partial charge on any atom is 0.168 e. The minimum absolute atomic E-state index is 0.169. The molecule has 0 bridgehead atoms. The number of hydrogen-bond donors (Lipinski definition) is 1. The van der Waals surface area contributed by atoms with E-state index in [-0.39, 0.29) is 6.10 Å². The molecular formula is C12H20N2OS. The van der Waals surface area contributed by atoms with E-state index in [2.05, 4.69) is 23.5 Å². The molecule has 1 aromatic heterocycles. The lowest BCUT2D eigenvalue weighted by molar-refractivity contribution is 0.243. The lowest BCUT2D eigenvalue weighted by Crippen LogP contribution is -2.15. The third kappa shape index (κ3) is 4.31. The molecule has 90 valence electrons. The number of thioether (sulfide) groups is 1. The highest BCUT2D eigenvalue weighted by molar-refractivity contribution is 7.99. The van der Waals surface area contributed by atoms with Gasteiger partial charge in [-0.05, 0) is 32.2 Å². The molecule has 1 aromatic rings. The van der Waals surface area contributed by atoms with Crippen molar-refractivity contribution in [3.05, 3.63) is 18.3 Å². The molecule has 1 atom stereocenters. The van der Waals surface area contributed by atoms with Crippen LogP contribution in [0.25, 0.3) is 0 Å². The zero-order chi connectivity index (χ0) is 12.0. The van der Waals surface area contributed by atoms with Gasteiger partial charge in [-0.3, -0.25) is 0 Å². The topological polar surface area (TPSA) is 34.2 Å². The maximum atomic E-state index is 5.68. The smallest absolute Gasteiger partial charge is 0.168 e. The zero-order valence-electron chi connectivity index (χ0n) is 10.4. The molecule has 1 heterocycles. The molecule has 0 amide bonds. The van der Waals surface area contributed by atoms with Crippen LogP contribution in [0.4, 0.5) is 5.82 Å². The van der Waals surface area contributed by atoms with Gasteiger partial charge < -0.3 is 10.1 Å². The Bertz CT molecular complexity index is 318. The monoisotopic (exact) mass is 240 g/mol. The molecule has 0 aliphatic carbocycles. The van der Waals surface area contributed by atoms with E-state index in [1.807, 2.05) is 37.7 Å². The third-order valence-corrected chi connectivity index (χ3v) is 3.06. The van der Waals surface area contributed by atoms with Crippen molar-refractivity contribution in [3.8, 4) is 5.75 Å². The summed E-state index contributed by atoms with van der Waals surface area (Å²) in [4.78, 5) is 4.29. The van der Waals surface area contributed by atoms with Crippen LogP contribution >= 0.6 is 11.8 Å². The van der Waals surface area contributed by atoms with E-state index < -0.39 is 0 Å². The minimum Gasteiger partial charge on any atom is -0.487 e. The zero-order valence-corrected chi connectivity index (χ0v) is 11.2. The van der Waals surface area contributed by atoms with Crippen molar-refractivity contribution in [1.82, 2.24) is 4.98 Å². The fourth-order valence-electron chi connectivity index (χ4n) is 1.20. The second kappa shape index (κ2) is 6.63. The summed E-state index contributed by atoms with van der Waals surface area (Å²) in [6.45, 7) is 7.11. The van der Waals surface area contributed by atoms with Crippen LogP contribution in [0.15, 0.2) is 18.3 Å². The van der Waals surface area contributed by atoms with Crippen LogP contribution in [0.3, 0.4) is 0 Å². The van der Waals surface area contributed by atoms with Crippen LogP contribution in [0.1, 0.15) is 20.8 Å². The first-order valence-electron chi connectivity index (χ1n) is 5.51. The average molecular weight is 240 g/mol. The summed E-state index contributed by atoms with van der Waals surface area (Å²) >= 11 is 1.83. The van der Waals surface area contributed by atoms with Gasteiger partial charge in [0.25, 0.3) is 0 Å². The lowest BCUT2D eigenvalue weighted by Gasteiger charge is -2.15. The Kier molecular flexibility index (Phi) is 5.46. The van der Waals surface area contributed by atoms with Crippen LogP contribution in [-0.4, -0.2) is 29.1 Å². The standard InChI is InChI=1S/C12H20N2OS/c1-9(2)15-11-6-5-7-13-12(11)14-8-10(3)16-4/h5-7,9-10H,8H2,1-4H3,(H,13,14). The van der Waals surface area contributed by atoms with Crippen LogP contribution in [0, 0.1) is 0 Å². The number of pyridine rings is 1. The van der Waals surface area contributed by atoms with Crippen molar-refractivity contribution in [2.75, 3.05) is 18.1 Å². The molecule has 4 heteroatoms. The van der Waals surface area contributed by atoms with Crippen molar-refractivity contribution in [2.45, 2.75) is 32.1 Å². The highest BCUT2D eigenvalue weighted by Crippen LogP contribution is 2.22. The molecule has 3 nitrogen and oxygen atoms in total. The fraction of sp³-hybridized carbons (Fsp3) is 0.583. The van der Waals surface area contributed by atoms with E-state index in [1.54, 1.807) is 6.20 Å². The average Bonchev–Trinajstić information content (AvgIpc) is 2.26. The summed E-state index contributed by atoms with van der Waals surface area (Å²) in [7, 11) is 0. The Hall–Kier alpha value is -0.900. The lowest BCUT2D eigenvalue weighted by atomic mass is 10.4. The van der Waals surface area contributed by atoms with E-state index in [9.17, 15) is 0 Å². The van der Waals surface area contributed by atoms with Crippen molar-refractivity contribution >= 4 is 17.6 Å². The number of nitrogens with zero attached hydrogens (tertiary/aromatic N) is 1. The number of hydrogen-bond acceptors (Lipinski definition) is 4. The molecule has 0 radical (unpaired) electrons. The van der Waals surface area contributed by atoms with Gasteiger partial charge in [-0.1, -0.05) is 6.92 Å². The number of aromatic nitrogens is 1. The second-order valence-electron chi connectivity index (χ2n) is 3.94. The van der Waals surface area contributed by atoms with E-state index in [0.717, 1.165) is 18.1 Å². The second-order valence-corrected chi connectivity index (χ2v) is 5.22. The summed E-state index contributed by atoms with van der Waals surface area (Å²) in [5.74, 6) is 1.66. The molecule has 16 heavy (non-hydrogen) atoms. The van der Waals surface area contributed by atoms with Crippen molar-refractivity contribution < 1.29 is 4.74 Å². The first-order chi connectivity index (χ1) is 7.63. The van der Waals surface area contributed by atoms with Gasteiger partial charge in [0.05, 0.1) is 6.10 Å². The van der Waals surface area contributed by atoms with Gasteiger partial charge in [-0.25, -0.2) is 4.98 Å². The van der Waals surface area contributed by atoms with Crippen LogP contribution in [-0.2, 0) is 0 Å². The Balaban J connectivity index is 2.63. The first kappa shape index (κ1) is 13.2. The van der Waals surface area contributed by atoms with Gasteiger partial charge in [-0.2, -0.15) is 11.8 Å². The van der Waals surface area contributed by atoms with Gasteiger partial charge >= 0.3 is 0 Å². The molecule has 0 aliphatic heterocycles. The first-order valence-corrected chi connectivity index (χ1v) is 6.80. The molecule has 1 N–H and O–H groups in total. The van der Waals surface area contributed by atoms with Crippen LogP contribution < -0.4 is 10.1 Å². The molecule has 0 spiro atoms. The fourth-order valence-corrected chi connectivity index (χ4v) is 1.45. The highest BCUT2D eigenvalue weighted by atomic mass is 32.2. The predicted molar refractivity (Wildman–Crippen MR) is 71.5 cm³/mol. The van der Waals surface area contributed by atoms with E-state index in [0.29, 0.717) is 5.25 Å². The SMILES string of the molecule is CSC(C)CNc1ncccc1OC(C)C. The molecule has 0 aliphatic rings. The van der Waals surface area contributed by atoms with Crippen molar-refractivity contribution in [1.29, 1.82) is 0 Å². The van der Waals surface area contributed by atoms with Crippen molar-refractivity contribution in [3.63, 3.8) is 0 Å². The summed E-state index contributed by atoms with van der Waals surface area (Å²) in [6.07, 6.45) is 4.05. The Labute approximate surface area is 102 Å². The molecule has 0 aromatic carbocycles. The van der Waals surface area contributed by atoms with Gasteiger partial charge in [-0.15, -0.1) is 0 Å². The predicted octanol–water partition coefficient (Wildman–Crippen LogP) is 3.03. The summed E-state index contributed by atoms with van der Waals surface area (Å²) in [6, 6.07) is 3.83. The van der Waals surface area contributed by atoms with E-state index >= 15 is 0 Å². The number of rotatable bonds is 6. The minimum atomic E-state index is 0.169. The number of nitrogens with one attached hydrogen (secondary N) is 1. The Morgan fingerprint density at radius 1 is 1.44 bits per heavy atom. The van der Waals surface area contributed by atoms with Gasteiger partial charge in [0.15, 0.2) is 11.6 Å². The van der Waals surface area contributed by atoms with Gasteiger partial charge in [0.1, 0.15) is 0 Å². The maximum absolute atomic E-state index is 5.68. The Morgan fingerprint density at radius 2 is 2.19 bits per heavy atom. The molecule has 0 saturated heterocycles. The third-order valence-electron chi connectivity index (χ3n) is 2.09. The number of ether oxygens (including phenoxy) is 1. The summed E-state index contributed by atoms with van der Waals surface area (Å²) in [5.41, 5.74) is 0. The summed E-state index contributed by atoms with van der Waals surface area (Å²) in [5, 5.41) is 3.88. The van der Waals surface area contributed by atoms with Crippen LogP contribution in [0.5, 0.6) is 5.75 Å². The molecule has 0 saturated carbocycles.